The van der Waals surface area contributed by atoms with Gasteiger partial charge in [-0.05, 0) is 68.9 Å². The first kappa shape index (κ1) is 15.6. The number of methoxy groups -OCH3 is 1. The van der Waals surface area contributed by atoms with E-state index < -0.39 is 5.66 Å². The van der Waals surface area contributed by atoms with Crippen LogP contribution in [0, 0.1) is 5.41 Å². The quantitative estimate of drug-likeness (QED) is 0.895. The summed E-state index contributed by atoms with van der Waals surface area (Å²) in [5.41, 5.74) is 10.9. The van der Waals surface area contributed by atoms with E-state index in [2.05, 4.69) is 18.2 Å². The first-order valence-corrected chi connectivity index (χ1v) is 9.65. The van der Waals surface area contributed by atoms with Gasteiger partial charge in [0.1, 0.15) is 5.84 Å². The molecule has 132 valence electrons. The number of nitrogens with two attached hydrogens (primary N) is 1. The van der Waals surface area contributed by atoms with Gasteiger partial charge in [0.2, 0.25) is 0 Å². The van der Waals surface area contributed by atoms with E-state index in [9.17, 15) is 0 Å². The van der Waals surface area contributed by atoms with Crippen LogP contribution in [0.15, 0.2) is 28.2 Å². The van der Waals surface area contributed by atoms with Crippen LogP contribution in [0.3, 0.4) is 0 Å². The van der Waals surface area contributed by atoms with Crippen molar-refractivity contribution in [3.8, 4) is 0 Å². The fourth-order valence-electron chi connectivity index (χ4n) is 5.36. The molecule has 0 saturated heterocycles. The van der Waals surface area contributed by atoms with E-state index in [0.717, 1.165) is 43.7 Å². The van der Waals surface area contributed by atoms with Gasteiger partial charge in [-0.15, -0.1) is 0 Å². The van der Waals surface area contributed by atoms with E-state index >= 15 is 0 Å². The first-order chi connectivity index (χ1) is 12.1. The molecule has 1 aromatic carbocycles. The van der Waals surface area contributed by atoms with Crippen molar-refractivity contribution in [2.75, 3.05) is 7.11 Å². The van der Waals surface area contributed by atoms with Crippen LogP contribution in [0.25, 0.3) is 0 Å². The van der Waals surface area contributed by atoms with Crippen molar-refractivity contribution in [2.24, 2.45) is 21.1 Å². The average Bonchev–Trinajstić information content (AvgIpc) is 3.38. The van der Waals surface area contributed by atoms with Gasteiger partial charge in [0.15, 0.2) is 5.66 Å². The van der Waals surface area contributed by atoms with Gasteiger partial charge in [-0.3, -0.25) is 4.99 Å². The van der Waals surface area contributed by atoms with Crippen LogP contribution in [-0.4, -0.2) is 24.8 Å². The molecule has 3 aliphatic carbocycles. The molecule has 4 nitrogen and oxygen atoms in total. The average molecular weight is 337 g/mol. The predicted octanol–water partition coefficient (Wildman–Crippen LogP) is 3.68. The van der Waals surface area contributed by atoms with Gasteiger partial charge in [-0.2, -0.15) is 0 Å². The second kappa shape index (κ2) is 5.16. The molecule has 25 heavy (non-hydrogen) atoms. The lowest BCUT2D eigenvalue weighted by atomic mass is 9.65. The number of amidine groups is 1. The Labute approximate surface area is 149 Å². The van der Waals surface area contributed by atoms with Gasteiger partial charge in [0.05, 0.1) is 11.8 Å². The smallest absolute Gasteiger partial charge is 0.184 e. The molecule has 1 unspecified atom stereocenters. The molecule has 2 fully saturated rings. The van der Waals surface area contributed by atoms with Crippen molar-refractivity contribution in [3.05, 3.63) is 34.9 Å². The molecule has 0 radical (unpaired) electrons. The van der Waals surface area contributed by atoms with E-state index in [0.29, 0.717) is 11.9 Å². The van der Waals surface area contributed by atoms with Crippen molar-refractivity contribution in [2.45, 2.75) is 69.6 Å². The van der Waals surface area contributed by atoms with Crippen molar-refractivity contribution in [3.63, 3.8) is 0 Å². The van der Waals surface area contributed by atoms with E-state index in [1.54, 1.807) is 0 Å². The maximum atomic E-state index is 6.24. The Morgan fingerprint density at radius 2 is 1.88 bits per heavy atom. The summed E-state index contributed by atoms with van der Waals surface area (Å²) in [5, 5.41) is 0. The highest BCUT2D eigenvalue weighted by molar-refractivity contribution is 6.41. The number of benzene rings is 1. The highest BCUT2D eigenvalue weighted by Gasteiger charge is 2.60. The first-order valence-electron chi connectivity index (χ1n) is 9.65. The van der Waals surface area contributed by atoms with Gasteiger partial charge in [0, 0.05) is 18.1 Å². The molecule has 4 heteroatoms. The van der Waals surface area contributed by atoms with Gasteiger partial charge in [-0.1, -0.05) is 18.2 Å². The summed E-state index contributed by atoms with van der Waals surface area (Å²) in [4.78, 5) is 10.2. The lowest BCUT2D eigenvalue weighted by Gasteiger charge is -2.44. The molecule has 2 N–H and O–H groups in total. The fourth-order valence-corrected chi connectivity index (χ4v) is 5.36. The number of aliphatic imine (C=N–C) groups is 2. The summed E-state index contributed by atoms with van der Waals surface area (Å²) in [5.74, 6) is 1.37. The van der Waals surface area contributed by atoms with E-state index in [1.807, 2.05) is 14.0 Å². The van der Waals surface area contributed by atoms with Crippen molar-refractivity contribution >= 4 is 11.5 Å². The number of rotatable bonds is 2. The topological polar surface area (TPSA) is 60.0 Å². The van der Waals surface area contributed by atoms with E-state index in [4.69, 9.17) is 20.5 Å². The van der Waals surface area contributed by atoms with Crippen LogP contribution in [0.5, 0.6) is 0 Å². The lowest BCUT2D eigenvalue weighted by Crippen LogP contribution is -2.43. The van der Waals surface area contributed by atoms with Gasteiger partial charge in [0.25, 0.3) is 0 Å². The minimum Gasteiger partial charge on any atom is -0.382 e. The minimum absolute atomic E-state index is 0.0644. The van der Waals surface area contributed by atoms with Crippen LogP contribution < -0.4 is 5.73 Å². The summed E-state index contributed by atoms with van der Waals surface area (Å²) < 4.78 is 5.63. The Morgan fingerprint density at radius 3 is 2.48 bits per heavy atom. The number of hydrogen-bond acceptors (Lipinski definition) is 4. The molecular formula is C21H27N3O. The molecule has 1 aromatic rings. The fraction of sp³-hybridized carbons (Fsp3) is 0.619. The number of hydrogen-bond donors (Lipinski definition) is 1. The lowest BCUT2D eigenvalue weighted by molar-refractivity contribution is -0.000384. The van der Waals surface area contributed by atoms with Crippen molar-refractivity contribution in [1.29, 1.82) is 0 Å². The molecule has 1 heterocycles. The SMILES string of the molecule is CO[C@H]1CC[C@]2(CC1)Cc1ccc(C3CC3)cc1C21N=C(C)C(N)=N1. The van der Waals surface area contributed by atoms with Crippen LogP contribution in [0.1, 0.15) is 68.1 Å². The molecule has 1 aliphatic heterocycles. The Balaban J connectivity index is 1.64. The largest absolute Gasteiger partial charge is 0.382 e. The Kier molecular flexibility index (Phi) is 3.22. The summed E-state index contributed by atoms with van der Waals surface area (Å²) in [6.07, 6.45) is 8.47. The zero-order valence-corrected chi connectivity index (χ0v) is 15.2. The van der Waals surface area contributed by atoms with Crippen LogP contribution >= 0.6 is 0 Å². The molecular weight excluding hydrogens is 310 g/mol. The highest BCUT2D eigenvalue weighted by Crippen LogP contribution is 2.62. The van der Waals surface area contributed by atoms with E-state index in [1.165, 1.54) is 29.5 Å². The maximum absolute atomic E-state index is 6.24. The molecule has 1 atom stereocenters. The van der Waals surface area contributed by atoms with Gasteiger partial charge < -0.3 is 10.5 Å². The summed E-state index contributed by atoms with van der Waals surface area (Å²) in [7, 11) is 1.83. The zero-order valence-electron chi connectivity index (χ0n) is 15.2. The summed E-state index contributed by atoms with van der Waals surface area (Å²) in [6, 6.07) is 7.09. The molecule has 4 aliphatic rings. The van der Waals surface area contributed by atoms with Crippen molar-refractivity contribution in [1.82, 2.24) is 0 Å². The standard InChI is InChI=1S/C21H27N3O/c1-13-19(22)24-21(23-13)18-11-15(14-3-4-14)5-6-16(18)12-20(21)9-7-17(25-2)8-10-20/h5-6,11,14,17H,3-4,7-10,12H2,1-2H3,(H2,22,24)/t17-,20-,21?. The third-order valence-corrected chi connectivity index (χ3v) is 7.03. The van der Waals surface area contributed by atoms with E-state index in [-0.39, 0.29) is 5.41 Å². The normalized spacial score (nSPS) is 36.6. The second-order valence-electron chi connectivity index (χ2n) is 8.45. The van der Waals surface area contributed by atoms with Crippen LogP contribution in [0.2, 0.25) is 0 Å². The third kappa shape index (κ3) is 2.10. The predicted molar refractivity (Wildman–Crippen MR) is 100 cm³/mol. The Bertz CT molecular complexity index is 764. The molecule has 0 bridgehead atoms. The number of nitrogens with zero attached hydrogens (tertiary/aromatic N) is 2. The second-order valence-corrected chi connectivity index (χ2v) is 8.45. The van der Waals surface area contributed by atoms with Crippen LogP contribution in [0.4, 0.5) is 0 Å². The maximum Gasteiger partial charge on any atom is 0.184 e. The Morgan fingerprint density at radius 1 is 1.12 bits per heavy atom. The number of fused-ring (bicyclic) bond motifs is 3. The molecule has 5 rings (SSSR count). The Hall–Kier alpha value is -1.68. The van der Waals surface area contributed by atoms with Gasteiger partial charge in [-0.25, -0.2) is 4.99 Å². The molecule has 2 saturated carbocycles. The zero-order chi connectivity index (χ0) is 17.2. The molecule has 0 aromatic heterocycles. The number of ether oxygens (including phenoxy) is 1. The van der Waals surface area contributed by atoms with Gasteiger partial charge >= 0.3 is 0 Å². The molecule has 2 spiro atoms. The van der Waals surface area contributed by atoms with Crippen molar-refractivity contribution < 1.29 is 4.74 Å². The summed E-state index contributed by atoms with van der Waals surface area (Å²) >= 11 is 0. The summed E-state index contributed by atoms with van der Waals surface area (Å²) in [6.45, 7) is 2.00. The van der Waals surface area contributed by atoms with Crippen LogP contribution in [-0.2, 0) is 16.8 Å². The third-order valence-electron chi connectivity index (χ3n) is 7.03. The highest BCUT2D eigenvalue weighted by atomic mass is 16.5. The molecule has 0 amide bonds. The monoisotopic (exact) mass is 337 g/mol. The minimum atomic E-state index is -0.486.